The predicted octanol–water partition coefficient (Wildman–Crippen LogP) is 2.92. The summed E-state index contributed by atoms with van der Waals surface area (Å²) in [6.45, 7) is -0.124. The Bertz CT molecular complexity index is 753. The van der Waals surface area contributed by atoms with Crippen molar-refractivity contribution in [2.45, 2.75) is 31.6 Å². The minimum atomic E-state index is -1.23. The van der Waals surface area contributed by atoms with E-state index in [0.717, 1.165) is 11.1 Å². The highest BCUT2D eigenvalue weighted by Gasteiger charge is 2.31. The van der Waals surface area contributed by atoms with Crippen LogP contribution in [0.25, 0.3) is 0 Å². The minimum Gasteiger partial charge on any atom is -0.392 e. The lowest BCUT2D eigenvalue weighted by Crippen LogP contribution is -2.41. The first kappa shape index (κ1) is 19.1. The van der Waals surface area contributed by atoms with Crippen molar-refractivity contribution in [3.8, 4) is 6.07 Å². The van der Waals surface area contributed by atoms with Crippen LogP contribution >= 0.6 is 0 Å². The van der Waals surface area contributed by atoms with Gasteiger partial charge in [-0.05, 0) is 68.2 Å². The Hall–Kier alpha value is -2.26. The van der Waals surface area contributed by atoms with Crippen LogP contribution < -0.4 is 0 Å². The molecule has 4 nitrogen and oxygen atoms in total. The average Bonchev–Trinajstić information content (AvgIpc) is 2.61. The summed E-state index contributed by atoms with van der Waals surface area (Å²) in [5, 5.41) is 29.8. The van der Waals surface area contributed by atoms with Crippen molar-refractivity contribution >= 4 is 0 Å². The summed E-state index contributed by atoms with van der Waals surface area (Å²) in [6, 6.07) is 13.3. The van der Waals surface area contributed by atoms with Gasteiger partial charge in [-0.1, -0.05) is 24.3 Å². The van der Waals surface area contributed by atoms with Crippen LogP contribution in [0.2, 0.25) is 0 Å². The Balaban J connectivity index is 2.18. The number of halogens is 1. The van der Waals surface area contributed by atoms with Crippen molar-refractivity contribution < 1.29 is 14.6 Å². The van der Waals surface area contributed by atoms with E-state index in [9.17, 15) is 19.9 Å². The molecule has 132 valence electrons. The number of aliphatic hydroxyl groups is 2. The molecular formula is C20H23FN2O2. The summed E-state index contributed by atoms with van der Waals surface area (Å²) in [5.41, 5.74) is 1.48. The highest BCUT2D eigenvalue weighted by molar-refractivity contribution is 5.42. The number of rotatable bonds is 7. The van der Waals surface area contributed by atoms with E-state index < -0.39 is 5.72 Å². The Morgan fingerprint density at radius 1 is 1.16 bits per heavy atom. The fourth-order valence-corrected chi connectivity index (χ4v) is 3.04. The lowest BCUT2D eigenvalue weighted by Gasteiger charge is -2.35. The molecule has 2 N–H and O–H groups in total. The van der Waals surface area contributed by atoms with E-state index >= 15 is 0 Å². The van der Waals surface area contributed by atoms with Crippen LogP contribution in [0.1, 0.15) is 35.1 Å². The molecule has 0 aliphatic carbocycles. The largest absolute Gasteiger partial charge is 0.392 e. The van der Waals surface area contributed by atoms with Crippen LogP contribution in [0.5, 0.6) is 0 Å². The molecule has 0 aromatic heterocycles. The molecule has 0 radical (unpaired) electrons. The molecule has 0 amide bonds. The zero-order valence-electron chi connectivity index (χ0n) is 14.5. The predicted molar refractivity (Wildman–Crippen MR) is 94.0 cm³/mol. The lowest BCUT2D eigenvalue weighted by molar-refractivity contribution is -0.0972. The summed E-state index contributed by atoms with van der Waals surface area (Å²) >= 11 is 0. The summed E-state index contributed by atoms with van der Waals surface area (Å²) in [6.07, 6.45) is 1.59. The van der Waals surface area contributed by atoms with E-state index in [0.29, 0.717) is 30.4 Å². The van der Waals surface area contributed by atoms with Crippen molar-refractivity contribution in [3.05, 3.63) is 70.5 Å². The topological polar surface area (TPSA) is 67.5 Å². The van der Waals surface area contributed by atoms with Crippen molar-refractivity contribution in [3.63, 3.8) is 0 Å². The van der Waals surface area contributed by atoms with Gasteiger partial charge in [0, 0.05) is 0 Å². The standard InChI is InChI=1S/C20H23FN2O2/c1-23(2)20(25,17-8-10-18(21)11-9-17)12-4-7-19-15(13-22)5-3-6-16(19)14-24/h3,5-6,8-11,24-25H,4,7,12,14H2,1-2H3. The van der Waals surface area contributed by atoms with E-state index in [-0.39, 0.29) is 12.4 Å². The average molecular weight is 342 g/mol. The highest BCUT2D eigenvalue weighted by atomic mass is 19.1. The summed E-state index contributed by atoms with van der Waals surface area (Å²) in [4.78, 5) is 1.70. The first-order valence-corrected chi connectivity index (χ1v) is 8.20. The molecule has 0 aliphatic heterocycles. The summed E-state index contributed by atoms with van der Waals surface area (Å²) in [5.74, 6) is -0.347. The molecule has 5 heteroatoms. The van der Waals surface area contributed by atoms with Crippen LogP contribution in [0, 0.1) is 17.1 Å². The summed E-state index contributed by atoms with van der Waals surface area (Å²) in [7, 11) is 3.54. The molecule has 25 heavy (non-hydrogen) atoms. The van der Waals surface area contributed by atoms with Crippen molar-refractivity contribution in [1.29, 1.82) is 5.26 Å². The zero-order valence-corrected chi connectivity index (χ0v) is 14.5. The van der Waals surface area contributed by atoms with E-state index in [1.165, 1.54) is 12.1 Å². The van der Waals surface area contributed by atoms with Gasteiger partial charge >= 0.3 is 0 Å². The number of hydrogen-bond donors (Lipinski definition) is 2. The van der Waals surface area contributed by atoms with Gasteiger partial charge in [-0.15, -0.1) is 0 Å². The van der Waals surface area contributed by atoms with Crippen molar-refractivity contribution in [1.82, 2.24) is 4.90 Å². The van der Waals surface area contributed by atoms with Crippen LogP contribution in [0.3, 0.4) is 0 Å². The van der Waals surface area contributed by atoms with Gasteiger partial charge in [0.1, 0.15) is 11.5 Å². The van der Waals surface area contributed by atoms with E-state index in [1.807, 2.05) is 0 Å². The molecule has 1 atom stereocenters. The number of hydrogen-bond acceptors (Lipinski definition) is 4. The Labute approximate surface area is 147 Å². The Morgan fingerprint density at radius 2 is 1.84 bits per heavy atom. The van der Waals surface area contributed by atoms with Crippen molar-refractivity contribution in [2.75, 3.05) is 14.1 Å². The molecule has 1 unspecified atom stereocenters. The smallest absolute Gasteiger partial charge is 0.144 e. The third kappa shape index (κ3) is 4.23. The SMILES string of the molecule is CN(C)C(O)(CCCc1c(C#N)cccc1CO)c1ccc(F)cc1. The summed E-state index contributed by atoms with van der Waals surface area (Å²) < 4.78 is 13.2. The molecule has 0 spiro atoms. The van der Waals surface area contributed by atoms with E-state index in [2.05, 4.69) is 6.07 Å². The van der Waals surface area contributed by atoms with Gasteiger partial charge in [0.15, 0.2) is 0 Å². The van der Waals surface area contributed by atoms with Gasteiger partial charge in [-0.25, -0.2) is 4.39 Å². The molecule has 0 saturated carbocycles. The van der Waals surface area contributed by atoms with Gasteiger partial charge in [0.05, 0.1) is 18.2 Å². The van der Waals surface area contributed by atoms with E-state index in [1.54, 1.807) is 49.3 Å². The molecule has 0 saturated heterocycles. The maximum absolute atomic E-state index is 13.2. The zero-order chi connectivity index (χ0) is 18.4. The van der Waals surface area contributed by atoms with Gasteiger partial charge in [-0.3, -0.25) is 4.90 Å². The van der Waals surface area contributed by atoms with Gasteiger partial charge in [0.2, 0.25) is 0 Å². The Morgan fingerprint density at radius 3 is 2.40 bits per heavy atom. The van der Waals surface area contributed by atoms with Crippen LogP contribution in [-0.4, -0.2) is 29.2 Å². The molecule has 0 heterocycles. The van der Waals surface area contributed by atoms with Gasteiger partial charge in [0.25, 0.3) is 0 Å². The van der Waals surface area contributed by atoms with E-state index in [4.69, 9.17) is 0 Å². The molecule has 2 aromatic rings. The fourth-order valence-electron chi connectivity index (χ4n) is 3.04. The number of nitriles is 1. The van der Waals surface area contributed by atoms with Gasteiger partial charge in [-0.2, -0.15) is 5.26 Å². The van der Waals surface area contributed by atoms with Crippen LogP contribution in [0.4, 0.5) is 4.39 Å². The second-order valence-corrected chi connectivity index (χ2v) is 6.28. The first-order valence-electron chi connectivity index (χ1n) is 8.20. The monoisotopic (exact) mass is 342 g/mol. The number of aliphatic hydroxyl groups excluding tert-OH is 1. The van der Waals surface area contributed by atoms with Crippen LogP contribution in [-0.2, 0) is 18.8 Å². The maximum Gasteiger partial charge on any atom is 0.144 e. The van der Waals surface area contributed by atoms with Crippen molar-refractivity contribution in [2.24, 2.45) is 0 Å². The minimum absolute atomic E-state index is 0.124. The lowest BCUT2D eigenvalue weighted by atomic mass is 9.91. The number of benzene rings is 2. The molecule has 2 rings (SSSR count). The van der Waals surface area contributed by atoms with Gasteiger partial charge < -0.3 is 10.2 Å². The fraction of sp³-hybridized carbons (Fsp3) is 0.350. The third-order valence-electron chi connectivity index (χ3n) is 4.56. The highest BCUT2D eigenvalue weighted by Crippen LogP contribution is 2.30. The Kier molecular flexibility index (Phi) is 6.27. The second-order valence-electron chi connectivity index (χ2n) is 6.28. The molecule has 0 bridgehead atoms. The second kappa shape index (κ2) is 8.21. The molecule has 2 aromatic carbocycles. The quantitative estimate of drug-likeness (QED) is 0.759. The van der Waals surface area contributed by atoms with Crippen LogP contribution in [0.15, 0.2) is 42.5 Å². The molecule has 0 aliphatic rings. The molecular weight excluding hydrogens is 319 g/mol. The number of nitrogens with zero attached hydrogens (tertiary/aromatic N) is 2. The third-order valence-corrected chi connectivity index (χ3v) is 4.56. The molecule has 0 fully saturated rings. The maximum atomic E-state index is 13.2. The first-order chi connectivity index (χ1) is 11.9. The normalized spacial score (nSPS) is 13.5.